The molecule has 0 aromatic heterocycles. The Morgan fingerprint density at radius 1 is 0.957 bits per heavy atom. The molecule has 2 aliphatic rings. The number of Topliss-reactive ketones (excluding diaryl/α,β-unsaturated/α-hetero) is 1. The van der Waals surface area contributed by atoms with Crippen molar-refractivity contribution in [1.82, 2.24) is 0 Å². The Kier molecular flexibility index (Phi) is 8.21. The molecule has 0 bridgehead atoms. The monoisotopic (exact) mass is 316 g/mol. The van der Waals surface area contributed by atoms with Gasteiger partial charge in [0.15, 0.2) is 5.78 Å². The van der Waals surface area contributed by atoms with E-state index in [4.69, 9.17) is 0 Å². The normalized spacial score (nSPS) is 26.9. The van der Waals surface area contributed by atoms with E-state index in [1.165, 1.54) is 77.0 Å². The van der Waals surface area contributed by atoms with Crippen LogP contribution in [0, 0.1) is 23.2 Å². The number of hydrogen-bond donors (Lipinski definition) is 0. The van der Waals surface area contributed by atoms with Crippen LogP contribution in [0.1, 0.15) is 110 Å². The highest BCUT2D eigenvalue weighted by atomic mass is 16.1. The molecular weight excluding hydrogens is 280 g/mol. The molecule has 1 atom stereocenters. The lowest BCUT2D eigenvalue weighted by Crippen LogP contribution is -2.37. The van der Waals surface area contributed by atoms with Crippen LogP contribution in [0.15, 0.2) is 0 Å². The maximum absolute atomic E-state index is 13.0. The predicted molar refractivity (Wildman–Crippen MR) is 98.3 cm³/mol. The van der Waals surface area contributed by atoms with Gasteiger partial charge < -0.3 is 0 Å². The molecule has 2 aliphatic carbocycles. The third kappa shape index (κ3) is 5.37. The number of carbonyl (C=O) groups is 1. The van der Waals surface area contributed by atoms with E-state index in [9.17, 15) is 4.79 Å². The van der Waals surface area contributed by atoms with E-state index in [1.807, 2.05) is 0 Å². The Bertz CT molecular complexity index is 405. The Balaban J connectivity index is 2.10. The molecule has 2 fully saturated rings. The summed E-state index contributed by atoms with van der Waals surface area (Å²) in [5, 5.41) is 0. The summed E-state index contributed by atoms with van der Waals surface area (Å²) in [6.07, 6.45) is 19.2. The average Bonchev–Trinajstić information content (AvgIpc) is 2.93. The third-order valence-corrected chi connectivity index (χ3v) is 5.99. The van der Waals surface area contributed by atoms with Crippen molar-refractivity contribution in [2.75, 3.05) is 0 Å². The van der Waals surface area contributed by atoms with Crippen molar-refractivity contribution in [3.63, 3.8) is 0 Å². The second kappa shape index (κ2) is 10.2. The van der Waals surface area contributed by atoms with Gasteiger partial charge in [-0.25, -0.2) is 0 Å². The van der Waals surface area contributed by atoms with E-state index >= 15 is 0 Å². The molecule has 2 saturated carbocycles. The molecule has 0 aromatic rings. The largest absolute Gasteiger partial charge is 0.298 e. The van der Waals surface area contributed by atoms with Crippen LogP contribution in [-0.4, -0.2) is 5.78 Å². The maximum Gasteiger partial charge on any atom is 0.151 e. The second-order valence-corrected chi connectivity index (χ2v) is 7.76. The van der Waals surface area contributed by atoms with Crippen molar-refractivity contribution in [2.45, 2.75) is 110 Å². The van der Waals surface area contributed by atoms with Gasteiger partial charge in [-0.3, -0.25) is 4.79 Å². The first-order valence-electron chi connectivity index (χ1n) is 10.3. The summed E-state index contributed by atoms with van der Waals surface area (Å²) >= 11 is 0. The fraction of sp³-hybridized carbons (Fsp3) is 0.864. The Morgan fingerprint density at radius 3 is 2.43 bits per heavy atom. The minimum absolute atomic E-state index is 0.272. The zero-order chi connectivity index (χ0) is 16.4. The van der Waals surface area contributed by atoms with E-state index in [-0.39, 0.29) is 5.41 Å². The molecule has 0 aromatic carbocycles. The Hall–Kier alpha value is -0.770. The highest BCUT2D eigenvalue weighted by molar-refractivity contribution is 5.88. The summed E-state index contributed by atoms with van der Waals surface area (Å²) < 4.78 is 0. The zero-order valence-electron chi connectivity index (χ0n) is 15.3. The van der Waals surface area contributed by atoms with E-state index < -0.39 is 0 Å². The molecule has 0 heterocycles. The number of hydrogen-bond acceptors (Lipinski definition) is 1. The van der Waals surface area contributed by atoms with E-state index in [0.717, 1.165) is 25.7 Å². The van der Waals surface area contributed by atoms with Crippen molar-refractivity contribution in [3.05, 3.63) is 0 Å². The molecule has 0 N–H and O–H groups in total. The Labute approximate surface area is 144 Å². The first-order valence-corrected chi connectivity index (χ1v) is 10.3. The van der Waals surface area contributed by atoms with Gasteiger partial charge in [0.1, 0.15) is 0 Å². The molecule has 1 nitrogen and oxygen atoms in total. The van der Waals surface area contributed by atoms with Gasteiger partial charge in [0.2, 0.25) is 0 Å². The van der Waals surface area contributed by atoms with Gasteiger partial charge in [0, 0.05) is 12.8 Å². The summed E-state index contributed by atoms with van der Waals surface area (Å²) in [6, 6.07) is 0. The average molecular weight is 317 g/mol. The summed E-state index contributed by atoms with van der Waals surface area (Å²) in [5.41, 5.74) is -0.272. The summed E-state index contributed by atoms with van der Waals surface area (Å²) in [5.74, 6) is 8.09. The van der Waals surface area contributed by atoms with Crippen molar-refractivity contribution in [2.24, 2.45) is 11.3 Å². The van der Waals surface area contributed by atoms with Gasteiger partial charge in [-0.2, -0.15) is 0 Å². The number of rotatable bonds is 5. The number of carbonyl (C=O) groups excluding carboxylic acids is 1. The first kappa shape index (κ1) is 18.6. The van der Waals surface area contributed by atoms with Crippen molar-refractivity contribution < 1.29 is 4.79 Å². The molecule has 23 heavy (non-hydrogen) atoms. The minimum Gasteiger partial charge on any atom is -0.298 e. The highest BCUT2D eigenvalue weighted by Crippen LogP contribution is 2.44. The van der Waals surface area contributed by atoms with Crippen LogP contribution in [0.25, 0.3) is 0 Å². The smallest absolute Gasteiger partial charge is 0.151 e. The molecule has 0 spiro atoms. The van der Waals surface area contributed by atoms with E-state index in [0.29, 0.717) is 11.7 Å². The second-order valence-electron chi connectivity index (χ2n) is 7.76. The van der Waals surface area contributed by atoms with Gasteiger partial charge in [-0.15, -0.1) is 5.92 Å². The van der Waals surface area contributed by atoms with Crippen molar-refractivity contribution >= 4 is 5.78 Å². The lowest BCUT2D eigenvalue weighted by Gasteiger charge is -2.34. The lowest BCUT2D eigenvalue weighted by atomic mass is 9.66. The van der Waals surface area contributed by atoms with Gasteiger partial charge in [-0.1, -0.05) is 70.6 Å². The van der Waals surface area contributed by atoms with E-state index in [1.54, 1.807) is 0 Å². The summed E-state index contributed by atoms with van der Waals surface area (Å²) in [7, 11) is 0. The van der Waals surface area contributed by atoms with E-state index in [2.05, 4.69) is 18.8 Å². The van der Waals surface area contributed by atoms with Gasteiger partial charge >= 0.3 is 0 Å². The van der Waals surface area contributed by atoms with Crippen LogP contribution in [0.2, 0.25) is 0 Å². The molecule has 130 valence electrons. The molecular formula is C22H36O. The Morgan fingerprint density at radius 2 is 1.70 bits per heavy atom. The fourth-order valence-electron chi connectivity index (χ4n) is 4.53. The molecule has 0 aliphatic heterocycles. The van der Waals surface area contributed by atoms with Gasteiger partial charge in [0.05, 0.1) is 5.41 Å². The molecule has 0 saturated heterocycles. The molecule has 0 amide bonds. The fourth-order valence-corrected chi connectivity index (χ4v) is 4.53. The van der Waals surface area contributed by atoms with Crippen LogP contribution >= 0.6 is 0 Å². The zero-order valence-corrected chi connectivity index (χ0v) is 15.3. The SMILES string of the molecule is CCCCCCC#CC1(C2CCCCCC2)CCCCCC1=O. The molecule has 1 heteroatoms. The van der Waals surface area contributed by atoms with Gasteiger partial charge in [-0.05, 0) is 38.0 Å². The standard InChI is InChI=1S/C22H36O/c1-2-3-4-5-8-13-18-22(19-14-9-12-17-21(22)23)20-15-10-6-7-11-16-20/h20H,2-12,14-17,19H2,1H3. The summed E-state index contributed by atoms with van der Waals surface area (Å²) in [4.78, 5) is 13.0. The highest BCUT2D eigenvalue weighted by Gasteiger charge is 2.43. The third-order valence-electron chi connectivity index (χ3n) is 5.99. The minimum atomic E-state index is -0.272. The quantitative estimate of drug-likeness (QED) is 0.323. The van der Waals surface area contributed by atoms with Crippen LogP contribution in [0.4, 0.5) is 0 Å². The van der Waals surface area contributed by atoms with Crippen LogP contribution in [0.5, 0.6) is 0 Å². The predicted octanol–water partition coefficient (Wildman–Crippen LogP) is 6.45. The van der Waals surface area contributed by atoms with Crippen molar-refractivity contribution in [1.29, 1.82) is 0 Å². The van der Waals surface area contributed by atoms with Crippen molar-refractivity contribution in [3.8, 4) is 11.8 Å². The molecule has 0 radical (unpaired) electrons. The lowest BCUT2D eigenvalue weighted by molar-refractivity contribution is -0.128. The van der Waals surface area contributed by atoms with Crippen LogP contribution < -0.4 is 0 Å². The number of ketones is 1. The topological polar surface area (TPSA) is 17.1 Å². The summed E-state index contributed by atoms with van der Waals surface area (Å²) in [6.45, 7) is 2.25. The van der Waals surface area contributed by atoms with Crippen LogP contribution in [0.3, 0.4) is 0 Å². The molecule has 1 unspecified atom stereocenters. The maximum atomic E-state index is 13.0. The molecule has 2 rings (SSSR count). The van der Waals surface area contributed by atoms with Gasteiger partial charge in [0.25, 0.3) is 0 Å². The van der Waals surface area contributed by atoms with Crippen LogP contribution in [-0.2, 0) is 4.79 Å². The first-order chi connectivity index (χ1) is 11.3. The number of unbranched alkanes of at least 4 members (excludes halogenated alkanes) is 4.